The van der Waals surface area contributed by atoms with Crippen molar-refractivity contribution in [3.63, 3.8) is 0 Å². The first-order valence-corrected chi connectivity index (χ1v) is 9.46. The Kier molecular flexibility index (Phi) is 6.04. The van der Waals surface area contributed by atoms with Gasteiger partial charge in [0.15, 0.2) is 11.5 Å². The van der Waals surface area contributed by atoms with Crippen LogP contribution in [0.15, 0.2) is 30.9 Å². The second kappa shape index (κ2) is 8.46. The minimum atomic E-state index is -0.223. The summed E-state index contributed by atoms with van der Waals surface area (Å²) >= 11 is 0. The molecule has 2 amide bonds. The molecule has 1 N–H and O–H groups in total. The monoisotopic (exact) mass is 372 g/mol. The molecule has 2 aliphatic rings. The Hall–Kier alpha value is -2.50. The van der Waals surface area contributed by atoms with E-state index >= 15 is 0 Å². The fraction of sp³-hybridized carbons (Fsp3) is 0.524. The van der Waals surface area contributed by atoms with Gasteiger partial charge in [0, 0.05) is 31.5 Å². The van der Waals surface area contributed by atoms with E-state index in [2.05, 4.69) is 11.9 Å². The fourth-order valence-electron chi connectivity index (χ4n) is 3.72. The lowest BCUT2D eigenvalue weighted by atomic mass is 9.83. The van der Waals surface area contributed by atoms with Crippen LogP contribution >= 0.6 is 0 Å². The zero-order valence-electron chi connectivity index (χ0n) is 16.1. The topological polar surface area (TPSA) is 67.9 Å². The molecule has 1 saturated carbocycles. The number of amides is 2. The predicted octanol–water partition coefficient (Wildman–Crippen LogP) is 2.35. The maximum atomic E-state index is 12.7. The first-order valence-electron chi connectivity index (χ1n) is 9.46. The van der Waals surface area contributed by atoms with Crippen LogP contribution < -0.4 is 14.8 Å². The largest absolute Gasteiger partial charge is 0.493 e. The third kappa shape index (κ3) is 4.43. The van der Waals surface area contributed by atoms with E-state index in [1.54, 1.807) is 20.3 Å². The Morgan fingerprint density at radius 3 is 2.56 bits per heavy atom. The summed E-state index contributed by atoms with van der Waals surface area (Å²) in [6.07, 6.45) is 4.29. The summed E-state index contributed by atoms with van der Waals surface area (Å²) in [5, 5.41) is 2.88. The van der Waals surface area contributed by atoms with E-state index < -0.39 is 0 Å². The minimum absolute atomic E-state index is 0.0197. The fourth-order valence-corrected chi connectivity index (χ4v) is 3.72. The lowest BCUT2D eigenvalue weighted by molar-refractivity contribution is -0.137. The Bertz CT molecular complexity index is 714. The van der Waals surface area contributed by atoms with Gasteiger partial charge in [-0.05, 0) is 37.0 Å². The third-order valence-corrected chi connectivity index (χ3v) is 5.36. The normalized spacial score (nSPS) is 22.1. The molecule has 6 heteroatoms. The molecule has 6 nitrogen and oxygen atoms in total. The van der Waals surface area contributed by atoms with Crippen LogP contribution in [0.3, 0.4) is 0 Å². The van der Waals surface area contributed by atoms with Crippen molar-refractivity contribution < 1.29 is 19.1 Å². The van der Waals surface area contributed by atoms with Crippen molar-refractivity contribution in [3.05, 3.63) is 36.4 Å². The Balaban J connectivity index is 1.82. The average Bonchev–Trinajstić information content (AvgIpc) is 3.55. The van der Waals surface area contributed by atoms with E-state index in [0.717, 1.165) is 18.4 Å². The van der Waals surface area contributed by atoms with Gasteiger partial charge in [-0.25, -0.2) is 0 Å². The molecule has 2 atom stereocenters. The van der Waals surface area contributed by atoms with Gasteiger partial charge in [-0.2, -0.15) is 0 Å². The molecule has 0 bridgehead atoms. The van der Waals surface area contributed by atoms with Crippen molar-refractivity contribution in [1.82, 2.24) is 10.2 Å². The van der Waals surface area contributed by atoms with E-state index in [4.69, 9.17) is 9.47 Å². The van der Waals surface area contributed by atoms with E-state index in [-0.39, 0.29) is 29.6 Å². The van der Waals surface area contributed by atoms with Crippen LogP contribution in [0, 0.1) is 11.8 Å². The molecule has 0 aromatic heterocycles. The van der Waals surface area contributed by atoms with Gasteiger partial charge in [0.2, 0.25) is 11.8 Å². The average molecular weight is 372 g/mol. The second-order valence-corrected chi connectivity index (χ2v) is 7.30. The minimum Gasteiger partial charge on any atom is -0.493 e. The summed E-state index contributed by atoms with van der Waals surface area (Å²) in [7, 11) is 3.21. The lowest BCUT2D eigenvalue weighted by Gasteiger charge is -2.37. The lowest BCUT2D eigenvalue weighted by Crippen LogP contribution is -2.48. The van der Waals surface area contributed by atoms with Crippen molar-refractivity contribution in [1.29, 1.82) is 0 Å². The molecule has 1 aliphatic carbocycles. The van der Waals surface area contributed by atoms with Crippen LogP contribution in [0.2, 0.25) is 0 Å². The quantitative estimate of drug-likeness (QED) is 0.746. The SMILES string of the molecule is C=CCNC(=O)[C@H]1C[C@@H](c2ccc(OC)c(OC)c2)CN(C(=O)C2CC2)C1. The molecule has 0 unspecified atom stereocenters. The van der Waals surface area contributed by atoms with Crippen molar-refractivity contribution in [2.24, 2.45) is 11.8 Å². The maximum absolute atomic E-state index is 12.7. The van der Waals surface area contributed by atoms with Crippen LogP contribution in [-0.2, 0) is 9.59 Å². The third-order valence-electron chi connectivity index (χ3n) is 5.36. The van der Waals surface area contributed by atoms with Crippen LogP contribution in [0.25, 0.3) is 0 Å². The van der Waals surface area contributed by atoms with Crippen LogP contribution in [0.4, 0.5) is 0 Å². The van der Waals surface area contributed by atoms with Crippen LogP contribution in [0.1, 0.15) is 30.7 Å². The van der Waals surface area contributed by atoms with Gasteiger partial charge < -0.3 is 19.7 Å². The first kappa shape index (κ1) is 19.3. The van der Waals surface area contributed by atoms with E-state index in [1.165, 1.54) is 0 Å². The van der Waals surface area contributed by atoms with Gasteiger partial charge in [-0.15, -0.1) is 6.58 Å². The summed E-state index contributed by atoms with van der Waals surface area (Å²) in [5.74, 6) is 1.50. The molecule has 1 aromatic carbocycles. The predicted molar refractivity (Wildman–Crippen MR) is 103 cm³/mol. The van der Waals surface area contributed by atoms with Crippen molar-refractivity contribution in [2.75, 3.05) is 33.9 Å². The molecule has 1 heterocycles. The smallest absolute Gasteiger partial charge is 0.225 e. The van der Waals surface area contributed by atoms with Crippen LogP contribution in [-0.4, -0.2) is 50.6 Å². The van der Waals surface area contributed by atoms with Gasteiger partial charge in [0.05, 0.1) is 20.1 Å². The molecular formula is C21H28N2O4. The number of hydrogen-bond acceptors (Lipinski definition) is 4. The number of methoxy groups -OCH3 is 2. The number of carbonyl (C=O) groups excluding carboxylic acids is 2. The van der Waals surface area contributed by atoms with Gasteiger partial charge in [0.1, 0.15) is 0 Å². The molecule has 1 saturated heterocycles. The maximum Gasteiger partial charge on any atom is 0.225 e. The summed E-state index contributed by atoms with van der Waals surface area (Å²) in [6.45, 7) is 5.21. The number of nitrogens with one attached hydrogen (secondary N) is 1. The molecule has 2 fully saturated rings. The summed E-state index contributed by atoms with van der Waals surface area (Å²) in [6, 6.07) is 5.83. The Labute approximate surface area is 160 Å². The van der Waals surface area contributed by atoms with E-state index in [9.17, 15) is 9.59 Å². The van der Waals surface area contributed by atoms with E-state index in [1.807, 2.05) is 23.1 Å². The van der Waals surface area contributed by atoms with Crippen molar-refractivity contribution >= 4 is 11.8 Å². The van der Waals surface area contributed by atoms with Gasteiger partial charge >= 0.3 is 0 Å². The molecule has 3 rings (SSSR count). The standard InChI is InChI=1S/C21H28N2O4/c1-4-9-22-20(24)17-10-16(12-23(13-17)21(25)14-5-6-14)15-7-8-18(26-2)19(11-15)27-3/h4,7-8,11,14,16-17H,1,5-6,9-10,12-13H2,2-3H3,(H,22,24)/t16-,17+/m1/s1. The highest BCUT2D eigenvalue weighted by Crippen LogP contribution is 2.38. The number of benzene rings is 1. The van der Waals surface area contributed by atoms with Crippen LogP contribution in [0.5, 0.6) is 11.5 Å². The molecular weight excluding hydrogens is 344 g/mol. The van der Waals surface area contributed by atoms with Crippen molar-refractivity contribution in [2.45, 2.75) is 25.2 Å². The number of piperidine rings is 1. The summed E-state index contributed by atoms with van der Waals surface area (Å²) in [5.41, 5.74) is 1.06. The zero-order valence-corrected chi connectivity index (χ0v) is 16.1. The zero-order chi connectivity index (χ0) is 19.4. The van der Waals surface area contributed by atoms with E-state index in [0.29, 0.717) is 37.6 Å². The number of likely N-dealkylation sites (tertiary alicyclic amines) is 1. The first-order chi connectivity index (χ1) is 13.1. The highest BCUT2D eigenvalue weighted by Gasteiger charge is 2.39. The number of ether oxygens (including phenoxy) is 2. The highest BCUT2D eigenvalue weighted by atomic mass is 16.5. The molecule has 0 radical (unpaired) electrons. The summed E-state index contributed by atoms with van der Waals surface area (Å²) in [4.78, 5) is 27.1. The number of nitrogens with zero attached hydrogens (tertiary/aromatic N) is 1. The number of hydrogen-bond donors (Lipinski definition) is 1. The molecule has 27 heavy (non-hydrogen) atoms. The number of rotatable bonds is 7. The number of carbonyl (C=O) groups is 2. The Morgan fingerprint density at radius 2 is 1.93 bits per heavy atom. The van der Waals surface area contributed by atoms with Gasteiger partial charge in [0.25, 0.3) is 0 Å². The molecule has 0 spiro atoms. The van der Waals surface area contributed by atoms with Gasteiger partial charge in [-0.3, -0.25) is 9.59 Å². The van der Waals surface area contributed by atoms with Gasteiger partial charge in [-0.1, -0.05) is 12.1 Å². The second-order valence-electron chi connectivity index (χ2n) is 7.30. The molecule has 1 aromatic rings. The molecule has 146 valence electrons. The van der Waals surface area contributed by atoms with Crippen molar-refractivity contribution in [3.8, 4) is 11.5 Å². The Morgan fingerprint density at radius 1 is 1.19 bits per heavy atom. The molecule has 1 aliphatic heterocycles. The summed E-state index contributed by atoms with van der Waals surface area (Å²) < 4.78 is 10.7. The highest BCUT2D eigenvalue weighted by molar-refractivity contribution is 5.84.